The molecule has 1 aromatic carbocycles. The minimum absolute atomic E-state index is 0.00399. The Morgan fingerprint density at radius 3 is 2.64 bits per heavy atom. The first-order valence-corrected chi connectivity index (χ1v) is 10.9. The lowest BCUT2D eigenvalue weighted by Gasteiger charge is -2.18. The number of aromatic nitrogens is 2. The van der Waals surface area contributed by atoms with E-state index >= 15 is 0 Å². The summed E-state index contributed by atoms with van der Waals surface area (Å²) in [6.45, 7) is 7.24. The first-order valence-electron chi connectivity index (χ1n) is 9.93. The van der Waals surface area contributed by atoms with Crippen molar-refractivity contribution in [2.24, 2.45) is 0 Å². The van der Waals surface area contributed by atoms with Crippen LogP contribution in [-0.4, -0.2) is 28.4 Å². The molecule has 6 heteroatoms. The molecular formula is C22H29N3O2S. The fourth-order valence-electron chi connectivity index (χ4n) is 3.17. The number of amides is 1. The number of carbonyl (C=O) groups excluding carboxylic acids is 1. The second kappa shape index (κ2) is 9.41. The number of hydrogen-bond acceptors (Lipinski definition) is 5. The molecule has 28 heavy (non-hydrogen) atoms. The monoisotopic (exact) mass is 399 g/mol. The summed E-state index contributed by atoms with van der Waals surface area (Å²) in [5.74, 6) is 0.757. The number of nitrogens with one attached hydrogen (secondary N) is 1. The van der Waals surface area contributed by atoms with Crippen LogP contribution in [-0.2, 0) is 10.2 Å². The van der Waals surface area contributed by atoms with Crippen LogP contribution in [0.5, 0.6) is 0 Å². The molecule has 1 heterocycles. The summed E-state index contributed by atoms with van der Waals surface area (Å²) in [4.78, 5) is 12.0. The number of allylic oxidation sites excluding steroid dienone is 1. The van der Waals surface area contributed by atoms with E-state index in [-0.39, 0.29) is 17.1 Å². The van der Waals surface area contributed by atoms with E-state index < -0.39 is 0 Å². The van der Waals surface area contributed by atoms with E-state index in [0.717, 1.165) is 12.0 Å². The van der Waals surface area contributed by atoms with Gasteiger partial charge < -0.3 is 9.73 Å². The Bertz CT molecular complexity index is 819. The van der Waals surface area contributed by atoms with Crippen LogP contribution in [0.1, 0.15) is 58.4 Å². The van der Waals surface area contributed by atoms with Crippen LogP contribution in [0.25, 0.3) is 11.5 Å². The highest BCUT2D eigenvalue weighted by Crippen LogP contribution is 2.27. The maximum atomic E-state index is 12.0. The van der Waals surface area contributed by atoms with Crippen molar-refractivity contribution in [3.8, 4) is 11.5 Å². The molecule has 0 bridgehead atoms. The smallest absolute Gasteiger partial charge is 0.277 e. The predicted molar refractivity (Wildman–Crippen MR) is 113 cm³/mol. The van der Waals surface area contributed by atoms with Crippen molar-refractivity contribution in [2.45, 2.75) is 63.5 Å². The molecule has 1 aliphatic rings. The molecule has 0 radical (unpaired) electrons. The molecule has 0 saturated carbocycles. The highest BCUT2D eigenvalue weighted by atomic mass is 32.2. The third-order valence-electron chi connectivity index (χ3n) is 4.88. The van der Waals surface area contributed by atoms with E-state index in [4.69, 9.17) is 4.42 Å². The molecule has 2 aromatic rings. The number of rotatable bonds is 7. The van der Waals surface area contributed by atoms with Crippen LogP contribution in [0.2, 0.25) is 0 Å². The van der Waals surface area contributed by atoms with E-state index in [1.165, 1.54) is 48.6 Å². The summed E-state index contributed by atoms with van der Waals surface area (Å²) in [5, 5.41) is 11.5. The lowest BCUT2D eigenvalue weighted by molar-refractivity contribution is -0.118. The SMILES string of the molecule is CC(C)(C)c1ccc(-c2nnc(SCC(=O)NCCC3=CCCCC3)o2)cc1. The van der Waals surface area contributed by atoms with E-state index in [1.807, 2.05) is 12.1 Å². The van der Waals surface area contributed by atoms with Gasteiger partial charge in [-0.05, 0) is 55.2 Å². The topological polar surface area (TPSA) is 68.0 Å². The summed E-state index contributed by atoms with van der Waals surface area (Å²) in [7, 11) is 0. The quantitative estimate of drug-likeness (QED) is 0.516. The van der Waals surface area contributed by atoms with E-state index in [9.17, 15) is 4.79 Å². The highest BCUT2D eigenvalue weighted by Gasteiger charge is 2.15. The lowest BCUT2D eigenvalue weighted by Crippen LogP contribution is -2.26. The van der Waals surface area contributed by atoms with Crippen LogP contribution in [0.4, 0.5) is 0 Å². The minimum Gasteiger partial charge on any atom is -0.411 e. The molecule has 150 valence electrons. The Kier molecular flexibility index (Phi) is 6.94. The molecule has 1 N–H and O–H groups in total. The maximum Gasteiger partial charge on any atom is 0.277 e. The summed E-state index contributed by atoms with van der Waals surface area (Å²) in [6.07, 6.45) is 8.18. The highest BCUT2D eigenvalue weighted by molar-refractivity contribution is 7.99. The Balaban J connectivity index is 1.45. The van der Waals surface area contributed by atoms with Crippen molar-refractivity contribution in [3.63, 3.8) is 0 Å². The molecule has 1 amide bonds. The third-order valence-corrected chi connectivity index (χ3v) is 5.70. The van der Waals surface area contributed by atoms with E-state index in [1.54, 1.807) is 0 Å². The van der Waals surface area contributed by atoms with E-state index in [2.05, 4.69) is 54.5 Å². The van der Waals surface area contributed by atoms with Crippen LogP contribution in [0, 0.1) is 0 Å². The molecule has 3 rings (SSSR count). The second-order valence-corrected chi connectivity index (χ2v) is 9.12. The summed E-state index contributed by atoms with van der Waals surface area (Å²) < 4.78 is 5.70. The Morgan fingerprint density at radius 2 is 1.96 bits per heavy atom. The van der Waals surface area contributed by atoms with Gasteiger partial charge in [-0.2, -0.15) is 0 Å². The predicted octanol–water partition coefficient (Wildman–Crippen LogP) is 5.13. The Morgan fingerprint density at radius 1 is 1.18 bits per heavy atom. The minimum atomic E-state index is -0.00399. The normalized spacial score (nSPS) is 14.6. The Labute approximate surface area is 171 Å². The fraction of sp³-hybridized carbons (Fsp3) is 0.500. The van der Waals surface area contributed by atoms with Gasteiger partial charge >= 0.3 is 0 Å². The zero-order valence-electron chi connectivity index (χ0n) is 17.0. The summed E-state index contributed by atoms with van der Waals surface area (Å²) >= 11 is 1.27. The zero-order valence-corrected chi connectivity index (χ0v) is 17.8. The van der Waals surface area contributed by atoms with Crippen LogP contribution < -0.4 is 5.32 Å². The van der Waals surface area contributed by atoms with Gasteiger partial charge in [-0.1, -0.05) is 56.3 Å². The number of thioether (sulfide) groups is 1. The number of hydrogen-bond donors (Lipinski definition) is 1. The summed E-state index contributed by atoms with van der Waals surface area (Å²) in [5.41, 5.74) is 3.72. The second-order valence-electron chi connectivity index (χ2n) is 8.20. The van der Waals surface area contributed by atoms with Gasteiger partial charge in [-0.15, -0.1) is 10.2 Å². The molecular weight excluding hydrogens is 370 g/mol. The number of benzene rings is 1. The molecule has 0 saturated heterocycles. The van der Waals surface area contributed by atoms with Gasteiger partial charge in [0, 0.05) is 12.1 Å². The van der Waals surface area contributed by atoms with Gasteiger partial charge in [0.1, 0.15) is 0 Å². The van der Waals surface area contributed by atoms with Crippen molar-refractivity contribution >= 4 is 17.7 Å². The average molecular weight is 400 g/mol. The van der Waals surface area contributed by atoms with Crippen molar-refractivity contribution in [1.82, 2.24) is 15.5 Å². The number of carbonyl (C=O) groups is 1. The lowest BCUT2D eigenvalue weighted by atomic mass is 9.87. The fourth-order valence-corrected chi connectivity index (χ4v) is 3.76. The van der Waals surface area contributed by atoms with Crippen LogP contribution in [0.15, 0.2) is 45.6 Å². The van der Waals surface area contributed by atoms with Crippen molar-refractivity contribution < 1.29 is 9.21 Å². The third kappa shape index (κ3) is 5.96. The van der Waals surface area contributed by atoms with Crippen molar-refractivity contribution in [2.75, 3.05) is 12.3 Å². The summed E-state index contributed by atoms with van der Waals surface area (Å²) in [6, 6.07) is 8.16. The maximum absolute atomic E-state index is 12.0. The average Bonchev–Trinajstić information content (AvgIpc) is 3.16. The molecule has 1 aromatic heterocycles. The first-order chi connectivity index (χ1) is 13.4. The van der Waals surface area contributed by atoms with Crippen molar-refractivity contribution in [3.05, 3.63) is 41.5 Å². The molecule has 0 spiro atoms. The van der Waals surface area contributed by atoms with E-state index in [0.29, 0.717) is 17.7 Å². The van der Waals surface area contributed by atoms with Gasteiger partial charge in [0.15, 0.2) is 0 Å². The Hall–Kier alpha value is -2.08. The standard InChI is InChI=1S/C22H29N3O2S/c1-22(2,3)18-11-9-17(10-12-18)20-24-25-21(27-20)28-15-19(26)23-14-13-16-7-5-4-6-8-16/h7,9-12H,4-6,8,13-15H2,1-3H3,(H,23,26). The largest absolute Gasteiger partial charge is 0.411 e. The zero-order chi connectivity index (χ0) is 20.0. The molecule has 0 fully saturated rings. The van der Waals surface area contributed by atoms with Gasteiger partial charge in [-0.3, -0.25) is 4.79 Å². The number of nitrogens with zero attached hydrogens (tertiary/aromatic N) is 2. The van der Waals surface area contributed by atoms with Crippen molar-refractivity contribution in [1.29, 1.82) is 0 Å². The molecule has 5 nitrogen and oxygen atoms in total. The van der Waals surface area contributed by atoms with Gasteiger partial charge in [0.2, 0.25) is 11.8 Å². The molecule has 1 aliphatic carbocycles. The first kappa shape index (κ1) is 20.6. The molecule has 0 aliphatic heterocycles. The van der Waals surface area contributed by atoms with Crippen LogP contribution >= 0.6 is 11.8 Å². The van der Waals surface area contributed by atoms with Gasteiger partial charge in [0.05, 0.1) is 5.75 Å². The molecule has 0 unspecified atom stereocenters. The van der Waals surface area contributed by atoms with Gasteiger partial charge in [0.25, 0.3) is 5.22 Å². The molecule has 0 atom stereocenters. The van der Waals surface area contributed by atoms with Crippen LogP contribution in [0.3, 0.4) is 0 Å². The van der Waals surface area contributed by atoms with Gasteiger partial charge in [-0.25, -0.2) is 0 Å².